The van der Waals surface area contributed by atoms with Gasteiger partial charge in [-0.1, -0.05) is 0 Å². The molecule has 0 atom stereocenters. The molecule has 3 nitrogen and oxygen atoms in total. The van der Waals surface area contributed by atoms with E-state index in [2.05, 4.69) is 4.98 Å². The van der Waals surface area contributed by atoms with Gasteiger partial charge in [-0.2, -0.15) is 0 Å². The fourth-order valence-corrected chi connectivity index (χ4v) is 1.26. The molecule has 0 radical (unpaired) electrons. The Balaban J connectivity index is 3.31. The van der Waals surface area contributed by atoms with Gasteiger partial charge in [-0.25, -0.2) is 8.78 Å². The Kier molecular flexibility index (Phi) is 3.35. The Hall–Kier alpha value is -1.23. The number of aryl methyl sites for hydroxylation is 1. The number of aliphatic hydroxyl groups excluding tert-OH is 1. The lowest BCUT2D eigenvalue weighted by atomic mass is 10.1. The second kappa shape index (κ2) is 4.32. The highest BCUT2D eigenvalue weighted by Crippen LogP contribution is 2.31. The molecule has 0 aliphatic rings. The number of pyridine rings is 1. The summed E-state index contributed by atoms with van der Waals surface area (Å²) in [6.45, 7) is 1.18. The second-order valence-electron chi connectivity index (χ2n) is 2.79. The van der Waals surface area contributed by atoms with Gasteiger partial charge < -0.3 is 9.84 Å². The summed E-state index contributed by atoms with van der Waals surface area (Å²) in [7, 11) is 1.28. The van der Waals surface area contributed by atoms with Crippen LogP contribution in [-0.2, 0) is 6.61 Å². The molecule has 5 heteroatoms. The Morgan fingerprint density at radius 1 is 1.57 bits per heavy atom. The van der Waals surface area contributed by atoms with Crippen LogP contribution in [0.25, 0.3) is 0 Å². The standard InChI is InChI=1S/C9H11F2NO2/c1-5-3-6(9(10)11)8(14-2)7(4-13)12-5/h3,9,13H,4H2,1-2H3. The summed E-state index contributed by atoms with van der Waals surface area (Å²) in [5.74, 6) is -0.0342. The van der Waals surface area contributed by atoms with E-state index in [1.54, 1.807) is 6.92 Å². The Morgan fingerprint density at radius 2 is 2.21 bits per heavy atom. The van der Waals surface area contributed by atoms with Crippen molar-refractivity contribution in [1.29, 1.82) is 0 Å². The number of aliphatic hydroxyl groups is 1. The zero-order valence-corrected chi connectivity index (χ0v) is 7.92. The third-order valence-corrected chi connectivity index (χ3v) is 1.79. The van der Waals surface area contributed by atoms with Gasteiger partial charge in [0.1, 0.15) is 5.69 Å². The van der Waals surface area contributed by atoms with Crippen LogP contribution in [0, 0.1) is 6.92 Å². The van der Waals surface area contributed by atoms with Gasteiger partial charge in [0.2, 0.25) is 0 Å². The molecule has 0 bridgehead atoms. The second-order valence-corrected chi connectivity index (χ2v) is 2.79. The molecular weight excluding hydrogens is 192 g/mol. The number of rotatable bonds is 3. The first-order valence-electron chi connectivity index (χ1n) is 4.03. The van der Waals surface area contributed by atoms with Crippen molar-refractivity contribution < 1.29 is 18.6 Å². The van der Waals surface area contributed by atoms with Gasteiger partial charge in [-0.3, -0.25) is 4.98 Å². The van der Waals surface area contributed by atoms with Crippen LogP contribution in [-0.4, -0.2) is 17.2 Å². The van der Waals surface area contributed by atoms with Gasteiger partial charge in [-0.15, -0.1) is 0 Å². The largest absolute Gasteiger partial charge is 0.494 e. The highest BCUT2D eigenvalue weighted by atomic mass is 19.3. The van der Waals surface area contributed by atoms with Crippen molar-refractivity contribution in [3.8, 4) is 5.75 Å². The lowest BCUT2D eigenvalue weighted by Crippen LogP contribution is -2.02. The highest BCUT2D eigenvalue weighted by Gasteiger charge is 2.18. The summed E-state index contributed by atoms with van der Waals surface area (Å²) in [6.07, 6.45) is -2.63. The van der Waals surface area contributed by atoms with E-state index < -0.39 is 13.0 Å². The van der Waals surface area contributed by atoms with Crippen molar-refractivity contribution in [2.24, 2.45) is 0 Å². The Bertz CT molecular complexity index is 329. The van der Waals surface area contributed by atoms with Crippen LogP contribution in [0.2, 0.25) is 0 Å². The number of hydrogen-bond acceptors (Lipinski definition) is 3. The average Bonchev–Trinajstić information content (AvgIpc) is 2.16. The normalized spacial score (nSPS) is 10.7. The molecule has 0 saturated heterocycles. The van der Waals surface area contributed by atoms with Crippen LogP contribution >= 0.6 is 0 Å². The molecule has 0 unspecified atom stereocenters. The van der Waals surface area contributed by atoms with E-state index in [1.165, 1.54) is 13.2 Å². The molecule has 0 saturated carbocycles. The summed E-state index contributed by atoms with van der Waals surface area (Å²) >= 11 is 0. The molecule has 1 aromatic rings. The first kappa shape index (κ1) is 10.8. The summed E-state index contributed by atoms with van der Waals surface area (Å²) in [4.78, 5) is 3.90. The number of ether oxygens (including phenoxy) is 1. The van der Waals surface area contributed by atoms with Crippen molar-refractivity contribution in [2.75, 3.05) is 7.11 Å². The molecule has 14 heavy (non-hydrogen) atoms. The van der Waals surface area contributed by atoms with E-state index in [-0.39, 0.29) is 17.0 Å². The minimum atomic E-state index is -2.63. The maximum Gasteiger partial charge on any atom is 0.267 e. The van der Waals surface area contributed by atoms with Gasteiger partial charge in [0.05, 0.1) is 19.3 Å². The third kappa shape index (κ3) is 1.98. The SMILES string of the molecule is COc1c(C(F)F)cc(C)nc1CO. The van der Waals surface area contributed by atoms with E-state index in [1.807, 2.05) is 0 Å². The van der Waals surface area contributed by atoms with E-state index in [9.17, 15) is 8.78 Å². The smallest absolute Gasteiger partial charge is 0.267 e. The molecule has 0 aliphatic carbocycles. The minimum absolute atomic E-state index is 0.0342. The van der Waals surface area contributed by atoms with Crippen molar-refractivity contribution in [1.82, 2.24) is 4.98 Å². The van der Waals surface area contributed by atoms with Crippen LogP contribution in [0.15, 0.2) is 6.07 Å². The molecule has 1 rings (SSSR count). The van der Waals surface area contributed by atoms with Crippen molar-refractivity contribution in [2.45, 2.75) is 20.0 Å². The van der Waals surface area contributed by atoms with Gasteiger partial charge in [0.15, 0.2) is 5.75 Å². The number of nitrogens with zero attached hydrogens (tertiary/aromatic N) is 1. The molecule has 1 heterocycles. The first-order valence-corrected chi connectivity index (χ1v) is 4.03. The van der Waals surface area contributed by atoms with Crippen LogP contribution in [0.5, 0.6) is 5.75 Å². The van der Waals surface area contributed by atoms with Gasteiger partial charge in [0, 0.05) is 5.69 Å². The zero-order valence-electron chi connectivity index (χ0n) is 7.92. The number of aromatic nitrogens is 1. The molecule has 0 spiro atoms. The predicted octanol–water partition coefficient (Wildman–Crippen LogP) is 1.83. The maximum atomic E-state index is 12.5. The average molecular weight is 203 g/mol. The molecule has 0 fully saturated rings. The van der Waals surface area contributed by atoms with E-state index in [0.717, 1.165) is 0 Å². The monoisotopic (exact) mass is 203 g/mol. The van der Waals surface area contributed by atoms with Gasteiger partial charge >= 0.3 is 0 Å². The van der Waals surface area contributed by atoms with Crippen molar-refractivity contribution in [3.63, 3.8) is 0 Å². The van der Waals surface area contributed by atoms with Crippen molar-refractivity contribution >= 4 is 0 Å². The molecule has 0 aromatic carbocycles. The number of alkyl halides is 2. The van der Waals surface area contributed by atoms with Crippen LogP contribution in [0.4, 0.5) is 8.78 Å². The van der Waals surface area contributed by atoms with Crippen LogP contribution < -0.4 is 4.74 Å². The Morgan fingerprint density at radius 3 is 2.64 bits per heavy atom. The zero-order chi connectivity index (χ0) is 10.7. The van der Waals surface area contributed by atoms with E-state index in [0.29, 0.717) is 5.69 Å². The third-order valence-electron chi connectivity index (χ3n) is 1.79. The van der Waals surface area contributed by atoms with Crippen molar-refractivity contribution in [3.05, 3.63) is 23.0 Å². The summed E-state index contributed by atoms with van der Waals surface area (Å²) < 4.78 is 29.8. The highest BCUT2D eigenvalue weighted by molar-refractivity contribution is 5.39. The molecule has 1 aromatic heterocycles. The number of hydrogen-bond donors (Lipinski definition) is 1. The molecule has 0 amide bonds. The first-order chi connectivity index (χ1) is 6.60. The van der Waals surface area contributed by atoms with E-state index in [4.69, 9.17) is 9.84 Å². The summed E-state index contributed by atoms with van der Waals surface area (Å²) in [6, 6.07) is 1.25. The topological polar surface area (TPSA) is 42.4 Å². The molecule has 78 valence electrons. The maximum absolute atomic E-state index is 12.5. The Labute approximate surface area is 80.3 Å². The number of methoxy groups -OCH3 is 1. The van der Waals surface area contributed by atoms with Crippen LogP contribution in [0.3, 0.4) is 0 Å². The lowest BCUT2D eigenvalue weighted by molar-refractivity contribution is 0.145. The predicted molar refractivity (Wildman–Crippen MR) is 46.4 cm³/mol. The van der Waals surface area contributed by atoms with E-state index >= 15 is 0 Å². The quantitative estimate of drug-likeness (QED) is 0.814. The summed E-state index contributed by atoms with van der Waals surface area (Å²) in [5.41, 5.74) is 0.344. The fourth-order valence-electron chi connectivity index (χ4n) is 1.26. The van der Waals surface area contributed by atoms with Gasteiger partial charge in [-0.05, 0) is 13.0 Å². The molecule has 0 aliphatic heterocycles. The lowest BCUT2D eigenvalue weighted by Gasteiger charge is -2.11. The molecular formula is C9H11F2NO2. The van der Waals surface area contributed by atoms with Gasteiger partial charge in [0.25, 0.3) is 6.43 Å². The number of halogens is 2. The fraction of sp³-hybridized carbons (Fsp3) is 0.444. The molecule has 1 N–H and O–H groups in total. The summed E-state index contributed by atoms with van der Waals surface area (Å²) in [5, 5.41) is 8.89. The van der Waals surface area contributed by atoms with Crippen LogP contribution in [0.1, 0.15) is 23.4 Å². The minimum Gasteiger partial charge on any atom is -0.494 e.